The third kappa shape index (κ3) is 2.13. The number of nitrogens with zero attached hydrogens (tertiary/aromatic N) is 3. The van der Waals surface area contributed by atoms with Gasteiger partial charge in [-0.3, -0.25) is 4.99 Å². The average molecular weight is 356 g/mol. The van der Waals surface area contributed by atoms with Gasteiger partial charge >= 0.3 is 0 Å². The van der Waals surface area contributed by atoms with Crippen molar-refractivity contribution in [2.45, 2.75) is 38.6 Å². The Morgan fingerprint density at radius 1 is 1.00 bits per heavy atom. The van der Waals surface area contributed by atoms with Gasteiger partial charge in [-0.15, -0.1) is 11.3 Å². The van der Waals surface area contributed by atoms with E-state index >= 15 is 0 Å². The largest absolute Gasteiger partial charge is 0.273 e. The van der Waals surface area contributed by atoms with E-state index in [1.54, 1.807) is 11.3 Å². The Hall–Kier alpha value is -1.78. The van der Waals surface area contributed by atoms with E-state index in [0.717, 1.165) is 21.5 Å². The highest BCUT2D eigenvalue weighted by atomic mass is 35.5. The normalized spacial score (nSPS) is 18.3. The van der Waals surface area contributed by atoms with Crippen LogP contribution in [0.5, 0.6) is 0 Å². The van der Waals surface area contributed by atoms with Crippen LogP contribution in [-0.2, 0) is 5.41 Å². The van der Waals surface area contributed by atoms with E-state index in [1.807, 2.05) is 24.3 Å². The summed E-state index contributed by atoms with van der Waals surface area (Å²) in [6.45, 7) is 8.81. The van der Waals surface area contributed by atoms with Gasteiger partial charge in [0.15, 0.2) is 5.82 Å². The van der Waals surface area contributed by atoms with Gasteiger partial charge in [0.2, 0.25) is 0 Å². The second-order valence-electron chi connectivity index (χ2n) is 7.16. The molecular weight excluding hydrogens is 338 g/mol. The van der Waals surface area contributed by atoms with Crippen LogP contribution in [0, 0.1) is 0 Å². The van der Waals surface area contributed by atoms with Gasteiger partial charge in [0.1, 0.15) is 10.9 Å². The third-order valence-electron chi connectivity index (χ3n) is 5.24. The zero-order chi connectivity index (χ0) is 17.1. The van der Waals surface area contributed by atoms with Gasteiger partial charge < -0.3 is 0 Å². The molecule has 0 atom stereocenters. The number of hydrogen-bond acceptors (Lipinski definition) is 4. The number of fused-ring (bicyclic) bond motifs is 2. The number of thiophene rings is 1. The minimum absolute atomic E-state index is 0.0491. The van der Waals surface area contributed by atoms with Crippen molar-refractivity contribution >= 4 is 39.6 Å². The zero-order valence-corrected chi connectivity index (χ0v) is 15.7. The zero-order valence-electron chi connectivity index (χ0n) is 14.1. The summed E-state index contributed by atoms with van der Waals surface area (Å²) >= 11 is 8.10. The lowest BCUT2D eigenvalue weighted by Crippen LogP contribution is -2.45. The van der Waals surface area contributed by atoms with Crippen LogP contribution in [0.25, 0.3) is 10.9 Å². The SMILES string of the molecule is CC1(C)N=C(c2nc(Cl)c3ccccc3n2)c2sccc2C1(C)C. The summed E-state index contributed by atoms with van der Waals surface area (Å²) < 4.78 is 0. The van der Waals surface area contributed by atoms with Crippen LogP contribution in [0.3, 0.4) is 0 Å². The van der Waals surface area contributed by atoms with Gasteiger partial charge in [-0.2, -0.15) is 0 Å². The Bertz CT molecular complexity index is 985. The highest BCUT2D eigenvalue weighted by Crippen LogP contribution is 2.45. The number of aromatic nitrogens is 2. The average Bonchev–Trinajstić information content (AvgIpc) is 3.02. The monoisotopic (exact) mass is 355 g/mol. The molecule has 5 heteroatoms. The van der Waals surface area contributed by atoms with Crippen molar-refractivity contribution in [3.8, 4) is 0 Å². The number of benzene rings is 1. The molecule has 0 saturated heterocycles. The molecule has 0 saturated carbocycles. The second kappa shape index (κ2) is 5.11. The molecule has 122 valence electrons. The lowest BCUT2D eigenvalue weighted by Gasteiger charge is -2.42. The molecule has 0 bridgehead atoms. The van der Waals surface area contributed by atoms with Gasteiger partial charge in [-0.1, -0.05) is 37.6 Å². The molecule has 3 nitrogen and oxygen atoms in total. The van der Waals surface area contributed by atoms with Crippen LogP contribution in [0.1, 0.15) is 44.0 Å². The van der Waals surface area contributed by atoms with Crippen molar-refractivity contribution in [1.82, 2.24) is 9.97 Å². The molecule has 3 aromatic rings. The summed E-state index contributed by atoms with van der Waals surface area (Å²) in [6, 6.07) is 9.99. The maximum atomic E-state index is 6.41. The van der Waals surface area contributed by atoms with Gasteiger partial charge in [-0.05, 0) is 43.0 Å². The van der Waals surface area contributed by atoms with Gasteiger partial charge in [0, 0.05) is 10.8 Å². The Labute approximate surface area is 150 Å². The summed E-state index contributed by atoms with van der Waals surface area (Å²) in [5.74, 6) is 0.603. The Balaban J connectivity index is 1.99. The quantitative estimate of drug-likeness (QED) is 0.559. The van der Waals surface area contributed by atoms with Crippen LogP contribution >= 0.6 is 22.9 Å². The Kier molecular flexibility index (Phi) is 3.35. The van der Waals surface area contributed by atoms with Crippen LogP contribution in [0.2, 0.25) is 5.15 Å². The van der Waals surface area contributed by atoms with E-state index in [0.29, 0.717) is 11.0 Å². The maximum absolute atomic E-state index is 6.41. The molecule has 0 radical (unpaired) electrons. The summed E-state index contributed by atoms with van der Waals surface area (Å²) in [7, 11) is 0. The second-order valence-corrected chi connectivity index (χ2v) is 8.44. The predicted octanol–water partition coefficient (Wildman–Crippen LogP) is 5.25. The highest BCUT2D eigenvalue weighted by molar-refractivity contribution is 7.12. The maximum Gasteiger partial charge on any atom is 0.181 e. The number of rotatable bonds is 1. The molecule has 1 aliphatic rings. The van der Waals surface area contributed by atoms with Gasteiger partial charge in [0.05, 0.1) is 15.9 Å². The van der Waals surface area contributed by atoms with Crippen molar-refractivity contribution in [3.63, 3.8) is 0 Å². The van der Waals surface area contributed by atoms with Crippen LogP contribution < -0.4 is 0 Å². The standard InChI is InChI=1S/C19H18ClN3S/c1-18(2)12-9-10-24-15(12)14(23-19(18,3)4)17-21-13-8-6-5-7-11(13)16(20)22-17/h5-10H,1-4H3. The molecule has 1 aromatic carbocycles. The molecule has 24 heavy (non-hydrogen) atoms. The van der Waals surface area contributed by atoms with E-state index in [1.165, 1.54) is 5.56 Å². The van der Waals surface area contributed by atoms with E-state index in [2.05, 4.69) is 44.1 Å². The minimum Gasteiger partial charge on any atom is -0.273 e. The fourth-order valence-electron chi connectivity index (χ4n) is 3.08. The molecule has 1 aliphatic heterocycles. The van der Waals surface area contributed by atoms with E-state index in [4.69, 9.17) is 21.6 Å². The molecule has 0 amide bonds. The first kappa shape index (κ1) is 15.7. The van der Waals surface area contributed by atoms with Crippen LogP contribution in [-0.4, -0.2) is 21.2 Å². The third-order valence-corrected chi connectivity index (χ3v) is 6.45. The minimum atomic E-state index is -0.252. The Morgan fingerprint density at radius 2 is 1.75 bits per heavy atom. The van der Waals surface area contributed by atoms with Crippen LogP contribution in [0.15, 0.2) is 40.7 Å². The molecule has 0 fully saturated rings. The molecule has 0 N–H and O–H groups in total. The number of hydrogen-bond donors (Lipinski definition) is 0. The summed E-state index contributed by atoms with van der Waals surface area (Å²) in [5, 5.41) is 3.45. The van der Waals surface area contributed by atoms with Crippen molar-refractivity contribution in [1.29, 1.82) is 0 Å². The number of aliphatic imine (C=N–C) groups is 1. The predicted molar refractivity (Wildman–Crippen MR) is 102 cm³/mol. The molecule has 0 unspecified atom stereocenters. The number of halogens is 1. The van der Waals surface area contributed by atoms with Crippen molar-refractivity contribution in [3.05, 3.63) is 57.1 Å². The molecule has 2 aromatic heterocycles. The van der Waals surface area contributed by atoms with Gasteiger partial charge in [-0.25, -0.2) is 9.97 Å². The van der Waals surface area contributed by atoms with Crippen molar-refractivity contribution in [2.24, 2.45) is 4.99 Å². The highest BCUT2D eigenvalue weighted by Gasteiger charge is 2.45. The first-order valence-corrected chi connectivity index (χ1v) is 9.18. The fraction of sp³-hybridized carbons (Fsp3) is 0.316. The van der Waals surface area contributed by atoms with Crippen LogP contribution in [0.4, 0.5) is 0 Å². The molecular formula is C19H18ClN3S. The number of para-hydroxylation sites is 1. The molecule has 3 heterocycles. The summed E-state index contributed by atoms with van der Waals surface area (Å²) in [4.78, 5) is 15.5. The van der Waals surface area contributed by atoms with Gasteiger partial charge in [0.25, 0.3) is 0 Å². The first-order chi connectivity index (χ1) is 11.3. The summed E-state index contributed by atoms with van der Waals surface area (Å²) in [5.41, 5.74) is 2.69. The fourth-order valence-corrected chi connectivity index (χ4v) is 4.36. The Morgan fingerprint density at radius 3 is 2.54 bits per heavy atom. The molecule has 4 rings (SSSR count). The molecule has 0 spiro atoms. The first-order valence-electron chi connectivity index (χ1n) is 7.92. The summed E-state index contributed by atoms with van der Waals surface area (Å²) in [6.07, 6.45) is 0. The van der Waals surface area contributed by atoms with E-state index < -0.39 is 0 Å². The van der Waals surface area contributed by atoms with Crippen molar-refractivity contribution < 1.29 is 0 Å². The van der Waals surface area contributed by atoms with E-state index in [-0.39, 0.29) is 11.0 Å². The lowest BCUT2D eigenvalue weighted by molar-refractivity contribution is 0.305. The van der Waals surface area contributed by atoms with Crippen molar-refractivity contribution in [2.75, 3.05) is 0 Å². The smallest absolute Gasteiger partial charge is 0.181 e. The topological polar surface area (TPSA) is 38.1 Å². The van der Waals surface area contributed by atoms with E-state index in [9.17, 15) is 0 Å². The molecule has 0 aliphatic carbocycles. The lowest BCUT2D eigenvalue weighted by atomic mass is 9.68.